The van der Waals surface area contributed by atoms with E-state index in [-0.39, 0.29) is 19.1 Å². The standard InChI is InChI=1S/C41H83NO3/c1-4-7-9-11-13-15-17-19-21-22-24-26-28-30-32-34-39(6-3)36-41(45)42(37-40(44)38-43)35-33-31-29-27-25-23-20-18-16-14-12-10-8-5-2/h39-40,43-44H,4-38H2,1-3H3. The number of nitrogens with zero attached hydrogens (tertiary/aromatic N) is 1. The molecule has 2 atom stereocenters. The SMILES string of the molecule is CCCCCCCCCCCCCCCCCC(CC)CC(=O)N(CCCCCCCCCCCCCCCC)CC(O)CO. The minimum Gasteiger partial charge on any atom is -0.394 e. The first-order chi connectivity index (χ1) is 22.1. The third-order valence-corrected chi connectivity index (χ3v) is 10.0. The van der Waals surface area contributed by atoms with E-state index >= 15 is 0 Å². The number of unbranched alkanes of at least 4 members (excludes halogenated alkanes) is 27. The summed E-state index contributed by atoms with van der Waals surface area (Å²) in [6.07, 6.45) is 41.2. The molecule has 0 fully saturated rings. The predicted octanol–water partition coefficient (Wildman–Crippen LogP) is 12.3. The quantitative estimate of drug-likeness (QED) is 0.0666. The number of aliphatic hydroxyl groups excluding tert-OH is 2. The van der Waals surface area contributed by atoms with Crippen molar-refractivity contribution in [3.8, 4) is 0 Å². The molecule has 4 nitrogen and oxygen atoms in total. The molecule has 1 amide bonds. The van der Waals surface area contributed by atoms with E-state index in [1.807, 2.05) is 4.90 Å². The van der Waals surface area contributed by atoms with E-state index in [1.54, 1.807) is 0 Å². The van der Waals surface area contributed by atoms with Crippen molar-refractivity contribution in [3.05, 3.63) is 0 Å². The molecule has 0 aromatic heterocycles. The minimum absolute atomic E-state index is 0.171. The Bertz CT molecular complexity index is 583. The highest BCUT2D eigenvalue weighted by Crippen LogP contribution is 2.21. The Balaban J connectivity index is 3.95. The van der Waals surface area contributed by atoms with Gasteiger partial charge in [0.2, 0.25) is 5.91 Å². The Kier molecular flexibility index (Phi) is 35.7. The smallest absolute Gasteiger partial charge is 0.222 e. The van der Waals surface area contributed by atoms with Gasteiger partial charge in [0.1, 0.15) is 0 Å². The number of aliphatic hydroxyl groups is 2. The molecule has 0 radical (unpaired) electrons. The fraction of sp³-hybridized carbons (Fsp3) is 0.976. The van der Waals surface area contributed by atoms with Gasteiger partial charge in [0.25, 0.3) is 0 Å². The van der Waals surface area contributed by atoms with Gasteiger partial charge in [-0.25, -0.2) is 0 Å². The van der Waals surface area contributed by atoms with Crippen LogP contribution in [-0.4, -0.2) is 46.8 Å². The number of amides is 1. The summed E-state index contributed by atoms with van der Waals surface area (Å²) in [6, 6.07) is 0. The van der Waals surface area contributed by atoms with Gasteiger partial charge in [0, 0.05) is 19.5 Å². The summed E-state index contributed by atoms with van der Waals surface area (Å²) in [5.41, 5.74) is 0. The average Bonchev–Trinajstić information content (AvgIpc) is 3.05. The van der Waals surface area contributed by atoms with E-state index in [1.165, 1.54) is 173 Å². The van der Waals surface area contributed by atoms with E-state index in [2.05, 4.69) is 20.8 Å². The van der Waals surface area contributed by atoms with Crippen molar-refractivity contribution < 1.29 is 15.0 Å². The van der Waals surface area contributed by atoms with Crippen molar-refractivity contribution in [3.63, 3.8) is 0 Å². The highest BCUT2D eigenvalue weighted by Gasteiger charge is 2.20. The maximum Gasteiger partial charge on any atom is 0.222 e. The van der Waals surface area contributed by atoms with E-state index in [0.717, 1.165) is 25.7 Å². The van der Waals surface area contributed by atoms with Crippen molar-refractivity contribution in [2.75, 3.05) is 19.7 Å². The molecule has 0 heterocycles. The fourth-order valence-electron chi connectivity index (χ4n) is 6.76. The van der Waals surface area contributed by atoms with Gasteiger partial charge in [-0.3, -0.25) is 4.79 Å². The Morgan fingerprint density at radius 2 is 0.844 bits per heavy atom. The van der Waals surface area contributed by atoms with E-state index in [9.17, 15) is 15.0 Å². The molecule has 0 spiro atoms. The summed E-state index contributed by atoms with van der Waals surface area (Å²) < 4.78 is 0. The van der Waals surface area contributed by atoms with Crippen LogP contribution in [0.5, 0.6) is 0 Å². The largest absolute Gasteiger partial charge is 0.394 e. The summed E-state index contributed by atoms with van der Waals surface area (Å²) in [4.78, 5) is 15.1. The van der Waals surface area contributed by atoms with E-state index in [4.69, 9.17) is 0 Å². The van der Waals surface area contributed by atoms with Gasteiger partial charge >= 0.3 is 0 Å². The van der Waals surface area contributed by atoms with Gasteiger partial charge in [0.15, 0.2) is 0 Å². The second-order valence-electron chi connectivity index (χ2n) is 14.5. The van der Waals surface area contributed by atoms with Gasteiger partial charge in [0.05, 0.1) is 12.7 Å². The molecule has 0 saturated carbocycles. The van der Waals surface area contributed by atoms with Crippen LogP contribution in [0.25, 0.3) is 0 Å². The molecule has 45 heavy (non-hydrogen) atoms. The topological polar surface area (TPSA) is 60.8 Å². The lowest BCUT2D eigenvalue weighted by molar-refractivity contribution is -0.134. The van der Waals surface area contributed by atoms with Gasteiger partial charge in [-0.15, -0.1) is 0 Å². The van der Waals surface area contributed by atoms with Crippen molar-refractivity contribution >= 4 is 5.91 Å². The van der Waals surface area contributed by atoms with Gasteiger partial charge < -0.3 is 15.1 Å². The first-order valence-electron chi connectivity index (χ1n) is 20.7. The van der Waals surface area contributed by atoms with Crippen LogP contribution in [0.4, 0.5) is 0 Å². The Morgan fingerprint density at radius 3 is 1.18 bits per heavy atom. The lowest BCUT2D eigenvalue weighted by Crippen LogP contribution is -2.40. The lowest BCUT2D eigenvalue weighted by Gasteiger charge is -2.27. The summed E-state index contributed by atoms with van der Waals surface area (Å²) >= 11 is 0. The van der Waals surface area contributed by atoms with E-state index in [0.29, 0.717) is 18.9 Å². The monoisotopic (exact) mass is 638 g/mol. The van der Waals surface area contributed by atoms with Crippen LogP contribution in [0.3, 0.4) is 0 Å². The van der Waals surface area contributed by atoms with Crippen LogP contribution in [0.15, 0.2) is 0 Å². The second kappa shape index (κ2) is 36.2. The molecule has 0 aromatic rings. The van der Waals surface area contributed by atoms with Crippen LogP contribution in [0.1, 0.15) is 226 Å². The molecular weight excluding hydrogens is 554 g/mol. The van der Waals surface area contributed by atoms with Crippen LogP contribution in [0, 0.1) is 5.92 Å². The highest BCUT2D eigenvalue weighted by molar-refractivity contribution is 5.76. The third-order valence-electron chi connectivity index (χ3n) is 10.0. The third kappa shape index (κ3) is 31.7. The van der Waals surface area contributed by atoms with Gasteiger partial charge in [-0.1, -0.05) is 207 Å². The number of hydrogen-bond acceptors (Lipinski definition) is 3. The zero-order valence-corrected chi connectivity index (χ0v) is 31.2. The molecule has 270 valence electrons. The number of rotatable bonds is 37. The zero-order chi connectivity index (χ0) is 33.1. The molecular formula is C41H83NO3. The summed E-state index contributed by atoms with van der Waals surface area (Å²) in [5.74, 6) is 0.606. The van der Waals surface area contributed by atoms with E-state index < -0.39 is 6.10 Å². The fourth-order valence-corrected chi connectivity index (χ4v) is 6.76. The zero-order valence-electron chi connectivity index (χ0n) is 31.2. The molecule has 0 rings (SSSR count). The van der Waals surface area contributed by atoms with Crippen LogP contribution in [-0.2, 0) is 4.79 Å². The highest BCUT2D eigenvalue weighted by atomic mass is 16.3. The summed E-state index contributed by atoms with van der Waals surface area (Å²) in [7, 11) is 0. The number of carbonyl (C=O) groups excluding carboxylic acids is 1. The maximum absolute atomic E-state index is 13.2. The second-order valence-corrected chi connectivity index (χ2v) is 14.5. The van der Waals surface area contributed by atoms with Crippen molar-refractivity contribution in [2.24, 2.45) is 5.92 Å². The molecule has 0 aromatic carbocycles. The van der Waals surface area contributed by atoms with Crippen molar-refractivity contribution in [1.82, 2.24) is 4.90 Å². The van der Waals surface area contributed by atoms with Crippen molar-refractivity contribution in [2.45, 2.75) is 232 Å². The molecule has 0 saturated heterocycles. The molecule has 0 bridgehead atoms. The Hall–Kier alpha value is -0.610. The number of hydrogen-bond donors (Lipinski definition) is 2. The summed E-state index contributed by atoms with van der Waals surface area (Å²) in [5, 5.41) is 19.5. The first-order valence-corrected chi connectivity index (χ1v) is 20.7. The first kappa shape index (κ1) is 44.4. The lowest BCUT2D eigenvalue weighted by atomic mass is 9.94. The molecule has 0 aliphatic rings. The van der Waals surface area contributed by atoms with Gasteiger partial charge in [-0.2, -0.15) is 0 Å². The van der Waals surface area contributed by atoms with Crippen LogP contribution < -0.4 is 0 Å². The number of carbonyl (C=O) groups is 1. The normalized spacial score (nSPS) is 12.9. The molecule has 2 N–H and O–H groups in total. The maximum atomic E-state index is 13.2. The minimum atomic E-state index is -0.837. The molecule has 4 heteroatoms. The summed E-state index contributed by atoms with van der Waals surface area (Å²) in [6.45, 7) is 7.48. The molecule has 0 aliphatic heterocycles. The van der Waals surface area contributed by atoms with Gasteiger partial charge in [-0.05, 0) is 18.8 Å². The predicted molar refractivity (Wildman–Crippen MR) is 198 cm³/mol. The molecule has 2 unspecified atom stereocenters. The van der Waals surface area contributed by atoms with Crippen molar-refractivity contribution in [1.29, 1.82) is 0 Å². The average molecular weight is 638 g/mol. The Morgan fingerprint density at radius 1 is 0.511 bits per heavy atom. The van der Waals surface area contributed by atoms with Crippen LogP contribution >= 0.6 is 0 Å². The molecule has 0 aliphatic carbocycles. The Labute approximate surface area is 283 Å². The van der Waals surface area contributed by atoms with Crippen LogP contribution in [0.2, 0.25) is 0 Å².